The van der Waals surface area contributed by atoms with Crippen molar-refractivity contribution in [1.29, 1.82) is 0 Å². The molecule has 0 atom stereocenters. The van der Waals surface area contributed by atoms with Crippen LogP contribution in [0.2, 0.25) is 5.02 Å². The van der Waals surface area contributed by atoms with Gasteiger partial charge >= 0.3 is 0 Å². The van der Waals surface area contributed by atoms with E-state index in [1.807, 2.05) is 23.1 Å². The van der Waals surface area contributed by atoms with E-state index in [0.717, 1.165) is 11.2 Å². The number of fused-ring (bicyclic) bond motifs is 2. The SMILES string of the molecule is O=C(CN1CCc2[nH]c3ccccc3c(=O)c2C1)Nc1ccc(F)c(Cl)c1. The summed E-state index contributed by atoms with van der Waals surface area (Å²) in [7, 11) is 0. The highest BCUT2D eigenvalue weighted by molar-refractivity contribution is 6.31. The molecular formula is C20H17ClFN3O2. The molecule has 0 radical (unpaired) electrons. The first-order valence-corrected chi connectivity index (χ1v) is 8.99. The first-order valence-electron chi connectivity index (χ1n) is 8.61. The number of aromatic nitrogens is 1. The van der Waals surface area contributed by atoms with E-state index in [1.165, 1.54) is 18.2 Å². The maximum atomic E-state index is 13.2. The second kappa shape index (κ2) is 7.13. The zero-order chi connectivity index (χ0) is 19.0. The number of para-hydroxylation sites is 1. The summed E-state index contributed by atoms with van der Waals surface area (Å²) < 4.78 is 13.2. The highest BCUT2D eigenvalue weighted by atomic mass is 35.5. The molecule has 1 aliphatic rings. The minimum Gasteiger partial charge on any atom is -0.358 e. The fraction of sp³-hybridized carbons (Fsp3) is 0.200. The van der Waals surface area contributed by atoms with Crippen LogP contribution in [0.25, 0.3) is 10.9 Å². The largest absolute Gasteiger partial charge is 0.358 e. The maximum absolute atomic E-state index is 13.2. The van der Waals surface area contributed by atoms with Gasteiger partial charge in [0, 0.05) is 47.4 Å². The van der Waals surface area contributed by atoms with E-state index in [-0.39, 0.29) is 22.9 Å². The number of anilines is 1. The molecule has 0 spiro atoms. The van der Waals surface area contributed by atoms with E-state index in [0.29, 0.717) is 36.1 Å². The summed E-state index contributed by atoms with van der Waals surface area (Å²) in [5.74, 6) is -0.771. The van der Waals surface area contributed by atoms with Gasteiger partial charge in [0.05, 0.1) is 11.6 Å². The van der Waals surface area contributed by atoms with E-state index in [2.05, 4.69) is 10.3 Å². The molecule has 0 saturated carbocycles. The van der Waals surface area contributed by atoms with Crippen LogP contribution in [0.1, 0.15) is 11.3 Å². The van der Waals surface area contributed by atoms with Crippen LogP contribution in [0.15, 0.2) is 47.3 Å². The van der Waals surface area contributed by atoms with Gasteiger partial charge in [-0.3, -0.25) is 14.5 Å². The lowest BCUT2D eigenvalue weighted by Crippen LogP contribution is -2.39. The summed E-state index contributed by atoms with van der Waals surface area (Å²) in [5, 5.41) is 3.32. The van der Waals surface area contributed by atoms with Crippen molar-refractivity contribution in [3.8, 4) is 0 Å². The molecule has 2 aromatic carbocycles. The lowest BCUT2D eigenvalue weighted by Gasteiger charge is -2.27. The third-order valence-corrected chi connectivity index (χ3v) is 5.02. The summed E-state index contributed by atoms with van der Waals surface area (Å²) in [6.45, 7) is 1.21. The Morgan fingerprint density at radius 1 is 1.26 bits per heavy atom. The van der Waals surface area contributed by atoms with Gasteiger partial charge in [-0.15, -0.1) is 0 Å². The Hall–Kier alpha value is -2.70. The zero-order valence-electron chi connectivity index (χ0n) is 14.4. The van der Waals surface area contributed by atoms with Gasteiger partial charge in [0.25, 0.3) is 0 Å². The number of nitrogens with zero attached hydrogens (tertiary/aromatic N) is 1. The lowest BCUT2D eigenvalue weighted by atomic mass is 10.0. The molecular weight excluding hydrogens is 369 g/mol. The van der Waals surface area contributed by atoms with Gasteiger partial charge in [-0.05, 0) is 30.3 Å². The quantitative estimate of drug-likeness (QED) is 0.727. The predicted molar refractivity (Wildman–Crippen MR) is 104 cm³/mol. The fourth-order valence-corrected chi connectivity index (χ4v) is 3.57. The molecule has 1 aromatic heterocycles. The number of hydrogen-bond acceptors (Lipinski definition) is 3. The van der Waals surface area contributed by atoms with Gasteiger partial charge in [-0.2, -0.15) is 0 Å². The second-order valence-corrected chi connectivity index (χ2v) is 7.00. The first-order chi connectivity index (χ1) is 13.0. The van der Waals surface area contributed by atoms with Crippen molar-refractivity contribution in [2.75, 3.05) is 18.4 Å². The molecule has 0 unspecified atom stereocenters. The van der Waals surface area contributed by atoms with Crippen LogP contribution in [0.4, 0.5) is 10.1 Å². The van der Waals surface area contributed by atoms with Crippen molar-refractivity contribution in [1.82, 2.24) is 9.88 Å². The van der Waals surface area contributed by atoms with Crippen molar-refractivity contribution < 1.29 is 9.18 Å². The highest BCUT2D eigenvalue weighted by Gasteiger charge is 2.22. The molecule has 5 nitrogen and oxygen atoms in total. The molecule has 1 aliphatic heterocycles. The summed E-state index contributed by atoms with van der Waals surface area (Å²) in [6.07, 6.45) is 0.672. The fourth-order valence-electron chi connectivity index (χ4n) is 3.39. The van der Waals surface area contributed by atoms with Gasteiger partial charge < -0.3 is 10.3 Å². The van der Waals surface area contributed by atoms with Gasteiger partial charge in [0.1, 0.15) is 5.82 Å². The number of pyridine rings is 1. The van der Waals surface area contributed by atoms with Crippen LogP contribution in [0, 0.1) is 5.82 Å². The second-order valence-electron chi connectivity index (χ2n) is 6.59. The Balaban J connectivity index is 1.49. The number of benzene rings is 2. The monoisotopic (exact) mass is 385 g/mol. The lowest BCUT2D eigenvalue weighted by molar-refractivity contribution is -0.117. The molecule has 0 bridgehead atoms. The molecule has 1 amide bonds. The van der Waals surface area contributed by atoms with Gasteiger partial charge in [-0.25, -0.2) is 4.39 Å². The molecule has 2 N–H and O–H groups in total. The number of halogens is 2. The van der Waals surface area contributed by atoms with Crippen LogP contribution in [0.5, 0.6) is 0 Å². The number of carbonyl (C=O) groups is 1. The number of rotatable bonds is 3. The molecule has 138 valence electrons. The summed E-state index contributed by atoms with van der Waals surface area (Å²) >= 11 is 5.74. The standard InChI is InChI=1S/C20H17ClFN3O2/c21-15-9-12(5-6-16(15)22)23-19(26)11-25-8-7-18-14(10-25)20(27)13-3-1-2-4-17(13)24-18/h1-6,9H,7-8,10-11H2,(H,23,26)(H,24,27). The van der Waals surface area contributed by atoms with Crippen molar-refractivity contribution in [2.45, 2.75) is 13.0 Å². The molecule has 0 saturated heterocycles. The van der Waals surface area contributed by atoms with E-state index in [4.69, 9.17) is 11.6 Å². The van der Waals surface area contributed by atoms with Crippen molar-refractivity contribution in [3.05, 3.63) is 74.8 Å². The molecule has 2 heterocycles. The normalized spacial score (nSPS) is 14.1. The zero-order valence-corrected chi connectivity index (χ0v) is 15.1. The summed E-state index contributed by atoms with van der Waals surface area (Å²) in [6, 6.07) is 11.5. The molecule has 27 heavy (non-hydrogen) atoms. The summed E-state index contributed by atoms with van der Waals surface area (Å²) in [4.78, 5) is 30.3. The third kappa shape index (κ3) is 3.59. The molecule has 7 heteroatoms. The average Bonchev–Trinajstić information content (AvgIpc) is 2.65. The van der Waals surface area contributed by atoms with E-state index >= 15 is 0 Å². The van der Waals surface area contributed by atoms with E-state index in [9.17, 15) is 14.0 Å². The number of hydrogen-bond donors (Lipinski definition) is 2. The molecule has 0 fully saturated rings. The summed E-state index contributed by atoms with van der Waals surface area (Å²) in [5.41, 5.74) is 2.92. The topological polar surface area (TPSA) is 65.2 Å². The van der Waals surface area contributed by atoms with Gasteiger partial charge in [0.2, 0.25) is 5.91 Å². The number of amides is 1. The molecule has 0 aliphatic carbocycles. The number of nitrogens with one attached hydrogen (secondary N) is 2. The number of aromatic amines is 1. The highest BCUT2D eigenvalue weighted by Crippen LogP contribution is 2.20. The Morgan fingerprint density at radius 3 is 2.89 bits per heavy atom. The molecule has 4 rings (SSSR count). The number of H-pyrrole nitrogens is 1. The Bertz CT molecular complexity index is 1100. The Labute approximate surface area is 159 Å². The predicted octanol–water partition coefficient (Wildman–Crippen LogP) is 3.32. The molecule has 3 aromatic rings. The van der Waals surface area contributed by atoms with Crippen molar-refractivity contribution in [3.63, 3.8) is 0 Å². The average molecular weight is 386 g/mol. The first kappa shape index (κ1) is 17.7. The third-order valence-electron chi connectivity index (χ3n) is 4.73. The van der Waals surface area contributed by atoms with Crippen molar-refractivity contribution in [2.24, 2.45) is 0 Å². The van der Waals surface area contributed by atoms with Crippen LogP contribution in [-0.2, 0) is 17.8 Å². The van der Waals surface area contributed by atoms with Gasteiger partial charge in [0.15, 0.2) is 5.43 Å². The number of carbonyl (C=O) groups excluding carboxylic acids is 1. The maximum Gasteiger partial charge on any atom is 0.238 e. The minimum absolute atomic E-state index is 0.00905. The smallest absolute Gasteiger partial charge is 0.238 e. The van der Waals surface area contributed by atoms with Crippen LogP contribution in [-0.4, -0.2) is 28.9 Å². The Kier molecular flexibility index (Phi) is 4.68. The van der Waals surface area contributed by atoms with Crippen LogP contribution in [0.3, 0.4) is 0 Å². The van der Waals surface area contributed by atoms with Crippen molar-refractivity contribution >= 4 is 34.1 Å². The van der Waals surface area contributed by atoms with Crippen LogP contribution < -0.4 is 10.7 Å². The Morgan fingerprint density at radius 2 is 2.07 bits per heavy atom. The van der Waals surface area contributed by atoms with Gasteiger partial charge in [-0.1, -0.05) is 23.7 Å². The van der Waals surface area contributed by atoms with E-state index in [1.54, 1.807) is 6.07 Å². The minimum atomic E-state index is -0.534. The van der Waals surface area contributed by atoms with Crippen LogP contribution >= 0.6 is 11.6 Å². The van der Waals surface area contributed by atoms with E-state index < -0.39 is 5.82 Å².